The van der Waals surface area contributed by atoms with E-state index in [1.165, 1.54) is 0 Å². The molecule has 2 rings (SSSR count). The minimum Gasteiger partial charge on any atom is -0.347 e. The lowest BCUT2D eigenvalue weighted by Gasteiger charge is -2.26. The Morgan fingerprint density at radius 3 is 2.50 bits per heavy atom. The van der Waals surface area contributed by atoms with Crippen molar-refractivity contribution in [3.05, 3.63) is 29.8 Å². The molecule has 0 saturated carbocycles. The van der Waals surface area contributed by atoms with Gasteiger partial charge in [0, 0.05) is 26.3 Å². The Hall–Kier alpha value is -2.04. The van der Waals surface area contributed by atoms with Gasteiger partial charge in [-0.3, -0.25) is 4.79 Å². The van der Waals surface area contributed by atoms with Crippen LogP contribution in [0.15, 0.2) is 24.3 Å². The summed E-state index contributed by atoms with van der Waals surface area (Å²) in [6.07, 6.45) is 1.60. The zero-order chi connectivity index (χ0) is 14.7. The highest BCUT2D eigenvalue weighted by Gasteiger charge is 2.34. The number of anilines is 1. The molecule has 1 heterocycles. The second-order valence-electron chi connectivity index (χ2n) is 5.38. The first kappa shape index (κ1) is 14.4. The summed E-state index contributed by atoms with van der Waals surface area (Å²) in [6.45, 7) is 2.62. The number of likely N-dealkylation sites (N-methyl/N-ethyl adjacent to an activating group) is 1. The molecule has 0 aromatic heterocycles. The first-order chi connectivity index (χ1) is 9.49. The van der Waals surface area contributed by atoms with Crippen LogP contribution in [0.5, 0.6) is 0 Å². The van der Waals surface area contributed by atoms with E-state index < -0.39 is 0 Å². The van der Waals surface area contributed by atoms with Gasteiger partial charge in [-0.05, 0) is 31.9 Å². The van der Waals surface area contributed by atoms with E-state index in [0.717, 1.165) is 24.1 Å². The Labute approximate surface area is 119 Å². The predicted molar refractivity (Wildman–Crippen MR) is 78.6 cm³/mol. The van der Waals surface area contributed by atoms with Crippen molar-refractivity contribution in [3.63, 3.8) is 0 Å². The molecule has 1 unspecified atom stereocenters. The number of benzene rings is 1. The molecule has 1 atom stereocenters. The SMILES string of the molecule is Cc1ccc(NC(=O)N2CCCC2C(=O)N(C)C)cc1. The fraction of sp³-hybridized carbons (Fsp3) is 0.467. The van der Waals surface area contributed by atoms with Crippen LogP contribution in [-0.4, -0.2) is 48.4 Å². The largest absolute Gasteiger partial charge is 0.347 e. The molecule has 1 aliphatic rings. The summed E-state index contributed by atoms with van der Waals surface area (Å²) in [5.41, 5.74) is 1.90. The van der Waals surface area contributed by atoms with E-state index in [4.69, 9.17) is 0 Å². The minimum atomic E-state index is -0.338. The molecule has 1 aliphatic heterocycles. The van der Waals surface area contributed by atoms with Gasteiger partial charge >= 0.3 is 6.03 Å². The van der Waals surface area contributed by atoms with E-state index in [-0.39, 0.29) is 18.0 Å². The topological polar surface area (TPSA) is 52.7 Å². The Bertz CT molecular complexity index is 496. The summed E-state index contributed by atoms with van der Waals surface area (Å²) in [4.78, 5) is 27.5. The Kier molecular flexibility index (Phi) is 4.27. The van der Waals surface area contributed by atoms with Crippen LogP contribution >= 0.6 is 0 Å². The molecule has 0 radical (unpaired) electrons. The lowest BCUT2D eigenvalue weighted by atomic mass is 10.2. The summed E-state index contributed by atoms with van der Waals surface area (Å²) < 4.78 is 0. The average Bonchev–Trinajstić information content (AvgIpc) is 2.89. The summed E-state index contributed by atoms with van der Waals surface area (Å²) in [7, 11) is 3.44. The third-order valence-corrected chi connectivity index (χ3v) is 3.54. The number of carbonyl (C=O) groups excluding carboxylic acids is 2. The van der Waals surface area contributed by atoms with Crippen LogP contribution in [0, 0.1) is 6.92 Å². The highest BCUT2D eigenvalue weighted by molar-refractivity contribution is 5.94. The first-order valence-corrected chi connectivity index (χ1v) is 6.84. The van der Waals surface area contributed by atoms with Gasteiger partial charge in [-0.2, -0.15) is 0 Å². The summed E-state index contributed by atoms with van der Waals surface area (Å²) in [6, 6.07) is 7.09. The second kappa shape index (κ2) is 5.94. The van der Waals surface area contributed by atoms with Crippen LogP contribution in [0.25, 0.3) is 0 Å². The van der Waals surface area contributed by atoms with Gasteiger partial charge in [-0.1, -0.05) is 17.7 Å². The first-order valence-electron chi connectivity index (χ1n) is 6.84. The number of hydrogen-bond donors (Lipinski definition) is 1. The Morgan fingerprint density at radius 1 is 1.25 bits per heavy atom. The molecule has 1 fully saturated rings. The molecular weight excluding hydrogens is 254 g/mol. The maximum Gasteiger partial charge on any atom is 0.322 e. The molecule has 0 bridgehead atoms. The quantitative estimate of drug-likeness (QED) is 0.898. The van der Waals surface area contributed by atoms with Gasteiger partial charge in [-0.15, -0.1) is 0 Å². The number of carbonyl (C=O) groups is 2. The van der Waals surface area contributed by atoms with E-state index in [0.29, 0.717) is 6.54 Å². The molecule has 1 saturated heterocycles. The molecular formula is C15H21N3O2. The third kappa shape index (κ3) is 3.10. The summed E-state index contributed by atoms with van der Waals surface area (Å²) >= 11 is 0. The second-order valence-corrected chi connectivity index (χ2v) is 5.38. The van der Waals surface area contributed by atoms with Crippen molar-refractivity contribution < 1.29 is 9.59 Å². The van der Waals surface area contributed by atoms with Gasteiger partial charge in [0.2, 0.25) is 5.91 Å². The highest BCUT2D eigenvalue weighted by atomic mass is 16.2. The molecule has 0 spiro atoms. The Morgan fingerprint density at radius 2 is 1.90 bits per heavy atom. The zero-order valence-corrected chi connectivity index (χ0v) is 12.2. The average molecular weight is 275 g/mol. The van der Waals surface area contributed by atoms with Crippen LogP contribution < -0.4 is 5.32 Å². The molecule has 108 valence electrons. The zero-order valence-electron chi connectivity index (χ0n) is 12.2. The summed E-state index contributed by atoms with van der Waals surface area (Å²) in [5.74, 6) is -0.0124. The number of nitrogens with zero attached hydrogens (tertiary/aromatic N) is 2. The minimum absolute atomic E-state index is 0.0124. The molecule has 20 heavy (non-hydrogen) atoms. The number of urea groups is 1. The van der Waals surface area contributed by atoms with Crippen LogP contribution in [-0.2, 0) is 4.79 Å². The monoisotopic (exact) mass is 275 g/mol. The molecule has 3 amide bonds. The van der Waals surface area contributed by atoms with Crippen molar-refractivity contribution in [2.75, 3.05) is 26.0 Å². The molecule has 5 nitrogen and oxygen atoms in total. The van der Waals surface area contributed by atoms with Crippen LogP contribution in [0.3, 0.4) is 0 Å². The van der Waals surface area contributed by atoms with Crippen LogP contribution in [0.4, 0.5) is 10.5 Å². The van der Waals surface area contributed by atoms with Crippen molar-refractivity contribution >= 4 is 17.6 Å². The van der Waals surface area contributed by atoms with E-state index in [2.05, 4.69) is 5.32 Å². The normalized spacial score (nSPS) is 17.9. The van der Waals surface area contributed by atoms with Crippen molar-refractivity contribution in [2.24, 2.45) is 0 Å². The lowest BCUT2D eigenvalue weighted by Crippen LogP contribution is -2.47. The molecule has 0 aliphatic carbocycles. The van der Waals surface area contributed by atoms with Gasteiger partial charge in [-0.25, -0.2) is 4.79 Å². The van der Waals surface area contributed by atoms with Gasteiger partial charge in [0.05, 0.1) is 0 Å². The highest BCUT2D eigenvalue weighted by Crippen LogP contribution is 2.20. The van der Waals surface area contributed by atoms with Crippen molar-refractivity contribution in [1.29, 1.82) is 0 Å². The van der Waals surface area contributed by atoms with Gasteiger partial charge in [0.1, 0.15) is 6.04 Å². The lowest BCUT2D eigenvalue weighted by molar-refractivity contribution is -0.132. The van der Waals surface area contributed by atoms with Gasteiger partial charge < -0.3 is 15.1 Å². The van der Waals surface area contributed by atoms with Crippen molar-refractivity contribution in [3.8, 4) is 0 Å². The number of rotatable bonds is 2. The number of nitrogens with one attached hydrogen (secondary N) is 1. The number of amides is 3. The fourth-order valence-corrected chi connectivity index (χ4v) is 2.40. The van der Waals surface area contributed by atoms with E-state index in [1.807, 2.05) is 31.2 Å². The summed E-state index contributed by atoms with van der Waals surface area (Å²) in [5, 5.41) is 2.85. The third-order valence-electron chi connectivity index (χ3n) is 3.54. The van der Waals surface area contributed by atoms with Crippen LogP contribution in [0.1, 0.15) is 18.4 Å². The standard InChI is InChI=1S/C15H21N3O2/c1-11-6-8-12(9-7-11)16-15(20)18-10-4-5-13(18)14(19)17(2)3/h6-9,13H,4-5,10H2,1-3H3,(H,16,20). The van der Waals surface area contributed by atoms with E-state index >= 15 is 0 Å². The number of hydrogen-bond acceptors (Lipinski definition) is 2. The molecule has 1 aromatic carbocycles. The van der Waals surface area contributed by atoms with Crippen molar-refractivity contribution in [2.45, 2.75) is 25.8 Å². The molecule has 1 aromatic rings. The maximum absolute atomic E-state index is 12.3. The van der Waals surface area contributed by atoms with Gasteiger partial charge in [0.25, 0.3) is 0 Å². The predicted octanol–water partition coefficient (Wildman–Crippen LogP) is 2.08. The van der Waals surface area contributed by atoms with E-state index in [9.17, 15) is 9.59 Å². The smallest absolute Gasteiger partial charge is 0.322 e. The van der Waals surface area contributed by atoms with E-state index in [1.54, 1.807) is 23.9 Å². The van der Waals surface area contributed by atoms with Gasteiger partial charge in [0.15, 0.2) is 0 Å². The number of likely N-dealkylation sites (tertiary alicyclic amines) is 1. The van der Waals surface area contributed by atoms with Crippen molar-refractivity contribution in [1.82, 2.24) is 9.80 Å². The Balaban J connectivity index is 2.04. The fourth-order valence-electron chi connectivity index (χ4n) is 2.40. The van der Waals surface area contributed by atoms with Crippen LogP contribution in [0.2, 0.25) is 0 Å². The number of aryl methyl sites for hydroxylation is 1. The maximum atomic E-state index is 12.3. The molecule has 5 heteroatoms. The molecule has 1 N–H and O–H groups in total.